The van der Waals surface area contributed by atoms with Gasteiger partial charge in [-0.15, -0.1) is 0 Å². The molecule has 0 heterocycles. The molecule has 4 N–H and O–H groups in total. The van der Waals surface area contributed by atoms with Crippen LogP contribution in [0.2, 0.25) is 0 Å². The molecule has 0 atom stereocenters. The van der Waals surface area contributed by atoms with Crippen LogP contribution in [-0.4, -0.2) is 35.4 Å². The summed E-state index contributed by atoms with van der Waals surface area (Å²) in [5.74, 6) is -1.99. The van der Waals surface area contributed by atoms with E-state index in [-0.39, 0.29) is 17.0 Å². The van der Waals surface area contributed by atoms with E-state index < -0.39 is 17.4 Å². The Balaban J connectivity index is 3.24. The average Bonchev–Trinajstić information content (AvgIpc) is 2.13. The van der Waals surface area contributed by atoms with Gasteiger partial charge in [0.2, 0.25) is 0 Å². The summed E-state index contributed by atoms with van der Waals surface area (Å²) in [6.45, 7) is 2.94. The highest BCUT2D eigenvalue weighted by atomic mass is 19.1. The molecular weight excluding hydrogens is 238 g/mol. The molecule has 94 valence electrons. The van der Waals surface area contributed by atoms with Crippen LogP contribution in [0.5, 0.6) is 0 Å². The van der Waals surface area contributed by atoms with Gasteiger partial charge in [-0.2, -0.15) is 0 Å². The highest BCUT2D eigenvalue weighted by Crippen LogP contribution is 2.22. The van der Waals surface area contributed by atoms with E-state index in [1.807, 2.05) is 0 Å². The molecule has 18 heavy (non-hydrogen) atoms. The molecule has 0 saturated heterocycles. The van der Waals surface area contributed by atoms with Crippen molar-refractivity contribution in [3.63, 3.8) is 0 Å². The first-order valence-corrected chi connectivity index (χ1v) is 5.03. The van der Waals surface area contributed by atoms with E-state index in [2.05, 4.69) is 5.32 Å². The molecule has 2 radical (unpaired) electrons. The average molecular weight is 250 g/mol. The van der Waals surface area contributed by atoms with E-state index in [4.69, 9.17) is 23.5 Å². The topological polar surface area (TPSA) is 93.4 Å². The Bertz CT molecular complexity index is 512. The number of benzene rings is 1. The summed E-state index contributed by atoms with van der Waals surface area (Å²) < 4.78 is 13.7. The minimum Gasteiger partial charge on any atom is -0.366 e. The van der Waals surface area contributed by atoms with Gasteiger partial charge in [0.25, 0.3) is 5.91 Å². The van der Waals surface area contributed by atoms with Crippen molar-refractivity contribution in [3.05, 3.63) is 29.1 Å². The van der Waals surface area contributed by atoms with Crippen LogP contribution in [-0.2, 0) is 4.79 Å². The molecule has 0 aliphatic heterocycles. The first kappa shape index (κ1) is 14.3. The fraction of sp³-hybridized carbons (Fsp3) is 0.273. The molecule has 1 aromatic rings. The molecule has 0 aliphatic carbocycles. The fourth-order valence-electron chi connectivity index (χ4n) is 1.44. The number of amides is 1. The molecule has 1 rings (SSSR count). The van der Waals surface area contributed by atoms with Crippen LogP contribution in [0, 0.1) is 18.2 Å². The van der Waals surface area contributed by atoms with Gasteiger partial charge in [-0.05, 0) is 31.5 Å². The highest BCUT2D eigenvalue weighted by molar-refractivity contribution is 6.28. The normalized spacial score (nSPS) is 11.2. The van der Waals surface area contributed by atoms with Crippen molar-refractivity contribution in [1.29, 1.82) is 5.41 Å². The quantitative estimate of drug-likeness (QED) is 0.352. The number of rotatable bonds is 3. The lowest BCUT2D eigenvalue weighted by Gasteiger charge is -2.18. The maximum atomic E-state index is 13.7. The van der Waals surface area contributed by atoms with Gasteiger partial charge in [0.15, 0.2) is 13.5 Å². The molecule has 0 spiro atoms. The molecule has 0 aliphatic rings. The van der Waals surface area contributed by atoms with Crippen molar-refractivity contribution in [2.45, 2.75) is 19.5 Å². The maximum Gasteiger partial charge on any atom is 0.272 e. The van der Waals surface area contributed by atoms with Gasteiger partial charge in [0, 0.05) is 5.71 Å². The highest BCUT2D eigenvalue weighted by Gasteiger charge is 2.27. The van der Waals surface area contributed by atoms with Gasteiger partial charge in [-0.3, -0.25) is 4.79 Å². The summed E-state index contributed by atoms with van der Waals surface area (Å²) in [4.78, 5) is 11.3. The third kappa shape index (κ3) is 3.15. The van der Waals surface area contributed by atoms with Crippen LogP contribution in [0.4, 0.5) is 10.1 Å². The Morgan fingerprint density at radius 2 is 2.06 bits per heavy atom. The summed E-state index contributed by atoms with van der Waals surface area (Å²) in [5.41, 5.74) is -2.83. The van der Waals surface area contributed by atoms with Crippen molar-refractivity contribution >= 4 is 25.2 Å². The van der Waals surface area contributed by atoms with Crippen LogP contribution in [0.1, 0.15) is 18.1 Å². The van der Waals surface area contributed by atoms with Crippen LogP contribution in [0.3, 0.4) is 0 Å². The standard InChI is InChI=1S/C11H12BFN2O3/c1-5-3-7(13)9(6(2)14)8(4-5)15-10(16)11(12,17)18/h3-4,14,17-18H,1-2H3,(H,15,16). The van der Waals surface area contributed by atoms with E-state index in [9.17, 15) is 9.18 Å². The van der Waals surface area contributed by atoms with Crippen molar-refractivity contribution < 1.29 is 19.4 Å². The number of anilines is 1. The number of aryl methyl sites for hydroxylation is 1. The molecular formula is C11H12BFN2O3. The molecule has 0 aromatic heterocycles. The minimum atomic E-state index is -3.06. The van der Waals surface area contributed by atoms with Crippen molar-refractivity contribution in [1.82, 2.24) is 0 Å². The summed E-state index contributed by atoms with van der Waals surface area (Å²) in [6, 6.07) is 2.61. The summed E-state index contributed by atoms with van der Waals surface area (Å²) in [7, 11) is 4.78. The van der Waals surface area contributed by atoms with E-state index in [0.717, 1.165) is 0 Å². The SMILES string of the molecule is [B]C(O)(O)C(=O)Nc1cc(C)cc(F)c1C(C)=N. The Labute approximate surface area is 105 Å². The van der Waals surface area contributed by atoms with Crippen LogP contribution in [0.25, 0.3) is 0 Å². The van der Waals surface area contributed by atoms with Gasteiger partial charge in [-0.1, -0.05) is 0 Å². The largest absolute Gasteiger partial charge is 0.366 e. The maximum absolute atomic E-state index is 13.7. The number of hydrogen-bond acceptors (Lipinski definition) is 4. The molecule has 0 saturated carbocycles. The zero-order chi connectivity index (χ0) is 14.1. The van der Waals surface area contributed by atoms with Gasteiger partial charge < -0.3 is 20.9 Å². The number of halogens is 1. The second kappa shape index (κ2) is 4.87. The lowest BCUT2D eigenvalue weighted by atomic mass is 9.94. The molecule has 1 aromatic carbocycles. The monoisotopic (exact) mass is 250 g/mol. The third-order valence-electron chi connectivity index (χ3n) is 2.19. The number of carbonyl (C=O) groups is 1. The molecule has 7 heteroatoms. The van der Waals surface area contributed by atoms with E-state index in [0.29, 0.717) is 5.56 Å². The lowest BCUT2D eigenvalue weighted by Crippen LogP contribution is -2.43. The zero-order valence-corrected chi connectivity index (χ0v) is 9.91. The van der Waals surface area contributed by atoms with Crippen LogP contribution < -0.4 is 5.32 Å². The Kier molecular flexibility index (Phi) is 3.88. The Hall–Kier alpha value is -1.73. The fourth-order valence-corrected chi connectivity index (χ4v) is 1.44. The predicted molar refractivity (Wildman–Crippen MR) is 65.2 cm³/mol. The van der Waals surface area contributed by atoms with Gasteiger partial charge in [0.1, 0.15) is 5.82 Å². The van der Waals surface area contributed by atoms with Crippen LogP contribution >= 0.6 is 0 Å². The molecule has 0 unspecified atom stereocenters. The first-order chi connectivity index (χ1) is 8.12. The smallest absolute Gasteiger partial charge is 0.272 e. The number of hydrogen-bond donors (Lipinski definition) is 4. The lowest BCUT2D eigenvalue weighted by molar-refractivity contribution is -0.151. The molecule has 1 amide bonds. The summed E-state index contributed by atoms with van der Waals surface area (Å²) >= 11 is 0. The second-order valence-electron chi connectivity index (χ2n) is 3.97. The predicted octanol–water partition coefficient (Wildman–Crippen LogP) is 0.267. The molecule has 5 nitrogen and oxygen atoms in total. The van der Waals surface area contributed by atoms with Crippen LogP contribution in [0.15, 0.2) is 12.1 Å². The summed E-state index contributed by atoms with van der Waals surface area (Å²) in [5, 5.41) is 27.3. The molecule has 0 bridgehead atoms. The van der Waals surface area contributed by atoms with Crippen molar-refractivity contribution in [2.75, 3.05) is 5.32 Å². The van der Waals surface area contributed by atoms with E-state index in [1.165, 1.54) is 19.1 Å². The first-order valence-electron chi connectivity index (χ1n) is 5.03. The van der Waals surface area contributed by atoms with E-state index in [1.54, 1.807) is 6.92 Å². The Morgan fingerprint density at radius 3 is 2.50 bits per heavy atom. The Morgan fingerprint density at radius 1 is 1.50 bits per heavy atom. The van der Waals surface area contributed by atoms with Crippen molar-refractivity contribution in [3.8, 4) is 0 Å². The van der Waals surface area contributed by atoms with Gasteiger partial charge in [0.05, 0.1) is 11.3 Å². The van der Waals surface area contributed by atoms with Gasteiger partial charge >= 0.3 is 0 Å². The second-order valence-corrected chi connectivity index (χ2v) is 3.97. The molecule has 0 fully saturated rings. The minimum absolute atomic E-state index is 0.0390. The third-order valence-corrected chi connectivity index (χ3v) is 2.19. The van der Waals surface area contributed by atoms with E-state index >= 15 is 0 Å². The van der Waals surface area contributed by atoms with Gasteiger partial charge in [-0.25, -0.2) is 4.39 Å². The summed E-state index contributed by atoms with van der Waals surface area (Å²) in [6.07, 6.45) is 0. The zero-order valence-electron chi connectivity index (χ0n) is 9.91. The number of aliphatic hydroxyl groups is 2. The van der Waals surface area contributed by atoms with Crippen molar-refractivity contribution in [2.24, 2.45) is 0 Å². The number of nitrogens with one attached hydrogen (secondary N) is 2. The number of carbonyl (C=O) groups excluding carboxylic acids is 1.